The number of carbonyl (C=O) groups is 2. The van der Waals surface area contributed by atoms with Crippen LogP contribution in [0.1, 0.15) is 58.1 Å². The predicted octanol–water partition coefficient (Wildman–Crippen LogP) is 9.53. The van der Waals surface area contributed by atoms with Gasteiger partial charge in [-0.3, -0.25) is 0 Å². The van der Waals surface area contributed by atoms with E-state index in [1.54, 1.807) is 24.4 Å². The first kappa shape index (κ1) is 34.3. The third-order valence-electron chi connectivity index (χ3n) is 9.83. The third-order valence-corrected chi connectivity index (χ3v) is 10.1. The highest BCUT2D eigenvalue weighted by atomic mass is 35.5. The number of aromatic carboxylic acids is 2. The SMILES string of the molecule is [C-]#[N+]c1ccc(OC2CCC(c3ncc(-c4ccc(-c5ccc(-c6cnc(-c7ccc(C(=O)O)c(C(=O)O)c7)n6C)cc5)cc4)n3C)CC2)cc1Cl. The van der Waals surface area contributed by atoms with E-state index < -0.39 is 11.9 Å². The molecule has 4 aromatic carbocycles. The van der Waals surface area contributed by atoms with Gasteiger partial charge in [0.2, 0.25) is 5.69 Å². The summed E-state index contributed by atoms with van der Waals surface area (Å²) in [5.74, 6) is 0.0494. The molecule has 6 aromatic rings. The van der Waals surface area contributed by atoms with Crippen molar-refractivity contribution in [2.24, 2.45) is 14.1 Å². The van der Waals surface area contributed by atoms with Gasteiger partial charge in [-0.2, -0.15) is 0 Å². The van der Waals surface area contributed by atoms with Gasteiger partial charge in [-0.15, -0.1) is 0 Å². The molecule has 7 rings (SSSR count). The van der Waals surface area contributed by atoms with Crippen LogP contribution in [0.4, 0.5) is 5.69 Å². The third kappa shape index (κ3) is 6.66. The van der Waals surface area contributed by atoms with Gasteiger partial charge in [-0.05, 0) is 72.2 Å². The van der Waals surface area contributed by atoms with Crippen LogP contribution in [-0.2, 0) is 14.1 Å². The van der Waals surface area contributed by atoms with Gasteiger partial charge in [0.1, 0.15) is 17.4 Å². The van der Waals surface area contributed by atoms with E-state index in [9.17, 15) is 19.8 Å². The molecule has 1 saturated carbocycles. The highest BCUT2D eigenvalue weighted by Gasteiger charge is 2.27. The largest absolute Gasteiger partial charge is 0.490 e. The van der Waals surface area contributed by atoms with E-state index in [0.29, 0.717) is 33.8 Å². The lowest BCUT2D eigenvalue weighted by Crippen LogP contribution is -2.24. The summed E-state index contributed by atoms with van der Waals surface area (Å²) in [7, 11) is 3.92. The average molecular weight is 712 g/mol. The van der Waals surface area contributed by atoms with Gasteiger partial charge in [-0.1, -0.05) is 72.3 Å². The van der Waals surface area contributed by atoms with Crippen molar-refractivity contribution >= 4 is 29.2 Å². The van der Waals surface area contributed by atoms with Crippen LogP contribution in [0.15, 0.2) is 97.3 Å². The molecule has 0 aliphatic heterocycles. The summed E-state index contributed by atoms with van der Waals surface area (Å²) in [5.41, 5.74) is 6.43. The maximum Gasteiger partial charge on any atom is 0.336 e. The number of nitrogens with zero attached hydrogens (tertiary/aromatic N) is 5. The van der Waals surface area contributed by atoms with Crippen LogP contribution in [0.2, 0.25) is 5.02 Å². The first-order valence-electron chi connectivity index (χ1n) is 16.8. The van der Waals surface area contributed by atoms with Gasteiger partial charge in [0.05, 0.1) is 52.6 Å². The van der Waals surface area contributed by atoms with E-state index >= 15 is 0 Å². The van der Waals surface area contributed by atoms with Gasteiger partial charge < -0.3 is 24.1 Å². The van der Waals surface area contributed by atoms with Gasteiger partial charge in [0.15, 0.2) is 0 Å². The van der Waals surface area contributed by atoms with Crippen LogP contribution in [-0.4, -0.2) is 47.4 Å². The number of carboxylic acids is 2. The Bertz CT molecular complexity index is 2350. The van der Waals surface area contributed by atoms with Crippen LogP contribution >= 0.6 is 11.6 Å². The number of hydrogen-bond donors (Lipinski definition) is 2. The summed E-state index contributed by atoms with van der Waals surface area (Å²) in [6, 6.07) is 26.1. The topological polar surface area (TPSA) is 124 Å². The molecule has 0 atom stereocenters. The lowest BCUT2D eigenvalue weighted by Gasteiger charge is -2.29. The summed E-state index contributed by atoms with van der Waals surface area (Å²) in [4.78, 5) is 36.0. The van der Waals surface area contributed by atoms with Crippen molar-refractivity contribution in [3.8, 4) is 50.8 Å². The fraction of sp³-hybridized carbons (Fsp3) is 0.195. The minimum absolute atomic E-state index is 0.105. The quantitative estimate of drug-likeness (QED) is 0.143. The molecule has 0 unspecified atom stereocenters. The normalized spacial score (nSPS) is 15.6. The van der Waals surface area contributed by atoms with E-state index in [1.165, 1.54) is 12.1 Å². The molecular weight excluding hydrogens is 678 g/mol. The van der Waals surface area contributed by atoms with E-state index in [2.05, 4.69) is 57.8 Å². The summed E-state index contributed by atoms with van der Waals surface area (Å²) in [6.45, 7) is 7.18. The lowest BCUT2D eigenvalue weighted by atomic mass is 9.86. The highest BCUT2D eigenvalue weighted by Crippen LogP contribution is 2.37. The second-order valence-corrected chi connectivity index (χ2v) is 13.3. The maximum absolute atomic E-state index is 11.7. The van der Waals surface area contributed by atoms with Crippen molar-refractivity contribution in [1.29, 1.82) is 0 Å². The summed E-state index contributed by atoms with van der Waals surface area (Å²) >= 11 is 6.20. The number of ether oxygens (including phenoxy) is 1. The molecule has 10 nitrogen and oxygen atoms in total. The smallest absolute Gasteiger partial charge is 0.336 e. The molecule has 0 amide bonds. The summed E-state index contributed by atoms with van der Waals surface area (Å²) in [5, 5.41) is 19.3. The first-order chi connectivity index (χ1) is 25.1. The molecule has 2 aromatic heterocycles. The van der Waals surface area contributed by atoms with Gasteiger partial charge in [0.25, 0.3) is 0 Å². The van der Waals surface area contributed by atoms with Crippen molar-refractivity contribution in [2.45, 2.75) is 37.7 Å². The molecule has 0 radical (unpaired) electrons. The number of hydrogen-bond acceptors (Lipinski definition) is 5. The Balaban J connectivity index is 1.01. The Hall–Kier alpha value is -6.18. The molecule has 0 saturated heterocycles. The second kappa shape index (κ2) is 14.2. The molecule has 0 spiro atoms. The Labute approximate surface area is 305 Å². The van der Waals surface area contributed by atoms with Gasteiger partial charge in [-0.25, -0.2) is 24.4 Å². The fourth-order valence-corrected chi connectivity index (χ4v) is 7.23. The number of carboxylic acid groups (broad SMARTS) is 2. The highest BCUT2D eigenvalue weighted by molar-refractivity contribution is 6.33. The second-order valence-electron chi connectivity index (χ2n) is 12.9. The van der Waals surface area contributed by atoms with E-state index in [4.69, 9.17) is 27.9 Å². The number of benzene rings is 4. The zero-order valence-corrected chi connectivity index (χ0v) is 29.2. The van der Waals surface area contributed by atoms with Crippen molar-refractivity contribution in [2.75, 3.05) is 0 Å². The zero-order valence-electron chi connectivity index (χ0n) is 28.5. The molecule has 2 heterocycles. The van der Waals surface area contributed by atoms with Crippen molar-refractivity contribution in [1.82, 2.24) is 19.1 Å². The summed E-state index contributed by atoms with van der Waals surface area (Å²) < 4.78 is 10.3. The van der Waals surface area contributed by atoms with E-state index in [1.807, 2.05) is 36.0 Å². The molecule has 1 fully saturated rings. The van der Waals surface area contributed by atoms with Crippen molar-refractivity contribution < 1.29 is 24.5 Å². The molecule has 0 bridgehead atoms. The molecular formula is C41H34ClN5O5. The minimum Gasteiger partial charge on any atom is -0.490 e. The Morgan fingerprint density at radius 2 is 1.29 bits per heavy atom. The monoisotopic (exact) mass is 711 g/mol. The minimum atomic E-state index is -1.31. The average Bonchev–Trinajstić information content (AvgIpc) is 3.73. The van der Waals surface area contributed by atoms with Gasteiger partial charge >= 0.3 is 11.9 Å². The Morgan fingerprint density at radius 3 is 1.87 bits per heavy atom. The van der Waals surface area contributed by atoms with E-state index in [0.717, 1.165) is 65.1 Å². The molecule has 260 valence electrons. The van der Waals surface area contributed by atoms with Gasteiger partial charge in [0, 0.05) is 25.6 Å². The molecule has 1 aliphatic carbocycles. The lowest BCUT2D eigenvalue weighted by molar-refractivity contribution is 0.0651. The standard InChI is InChI=1S/C41H34ClN5O5/c1-43-35-19-17-31(21-34(35)42)52-30-15-12-28(13-16-30)38-44-22-36(46(38)2)26-8-4-24(5-9-26)25-6-10-27(11-7-25)37-23-45-39(47(37)3)29-14-18-32(40(48)49)33(20-29)41(50)51/h4-11,14,17-23,28,30H,12-13,15-16H2,2-3H3,(H,48,49)(H,50,51). The molecule has 2 N–H and O–H groups in total. The van der Waals surface area contributed by atoms with Crippen LogP contribution < -0.4 is 4.74 Å². The molecule has 1 aliphatic rings. The Kier molecular flexibility index (Phi) is 9.37. The first-order valence-corrected chi connectivity index (χ1v) is 17.2. The van der Waals surface area contributed by atoms with Crippen LogP contribution in [0, 0.1) is 6.57 Å². The van der Waals surface area contributed by atoms with Crippen LogP contribution in [0.5, 0.6) is 5.75 Å². The number of imidazole rings is 2. The van der Waals surface area contributed by atoms with E-state index in [-0.39, 0.29) is 17.2 Å². The zero-order chi connectivity index (χ0) is 36.5. The molecule has 11 heteroatoms. The number of halogens is 1. The predicted molar refractivity (Wildman–Crippen MR) is 199 cm³/mol. The summed E-state index contributed by atoms with van der Waals surface area (Å²) in [6.07, 6.45) is 7.57. The van der Waals surface area contributed by atoms with Crippen LogP contribution in [0.25, 0.3) is 49.9 Å². The fourth-order valence-electron chi connectivity index (χ4n) is 7.01. The maximum atomic E-state index is 11.7. The van der Waals surface area contributed by atoms with Crippen molar-refractivity contribution in [3.05, 3.63) is 131 Å². The molecule has 52 heavy (non-hydrogen) atoms. The Morgan fingerprint density at radius 1 is 0.731 bits per heavy atom. The number of aromatic nitrogens is 4. The van der Waals surface area contributed by atoms with Crippen LogP contribution in [0.3, 0.4) is 0 Å². The number of rotatable bonds is 9. The van der Waals surface area contributed by atoms with Crippen molar-refractivity contribution in [3.63, 3.8) is 0 Å².